The Balaban J connectivity index is 1.70. The number of non-ortho nitro benzene ring substituents is 1. The first kappa shape index (κ1) is 14.9. The monoisotopic (exact) mass is 283 g/mol. The zero-order valence-electron chi connectivity index (χ0n) is 10.9. The third kappa shape index (κ3) is 4.53. The molecular formula is C13H17NO6. The molecule has 1 unspecified atom stereocenters. The topological polar surface area (TPSA) is 91.1 Å². The third-order valence-electron chi connectivity index (χ3n) is 2.87. The molecule has 7 heteroatoms. The van der Waals surface area contributed by atoms with Gasteiger partial charge < -0.3 is 19.3 Å². The number of benzene rings is 1. The summed E-state index contributed by atoms with van der Waals surface area (Å²) in [7, 11) is 0. The average Bonchev–Trinajstić information content (AvgIpc) is 2.92. The Bertz CT molecular complexity index is 429. The van der Waals surface area contributed by atoms with Gasteiger partial charge in [0.1, 0.15) is 0 Å². The highest BCUT2D eigenvalue weighted by atomic mass is 16.7. The van der Waals surface area contributed by atoms with Crippen molar-refractivity contribution >= 4 is 5.69 Å². The van der Waals surface area contributed by atoms with E-state index in [1.807, 2.05) is 0 Å². The molecule has 0 aromatic heterocycles. The molecule has 1 aromatic rings. The Morgan fingerprint density at radius 1 is 1.35 bits per heavy atom. The van der Waals surface area contributed by atoms with Crippen molar-refractivity contribution in [2.75, 3.05) is 26.4 Å². The molecule has 0 spiro atoms. The Hall–Kier alpha value is -1.54. The van der Waals surface area contributed by atoms with Crippen molar-refractivity contribution in [2.45, 2.75) is 18.8 Å². The molecule has 20 heavy (non-hydrogen) atoms. The van der Waals surface area contributed by atoms with Crippen molar-refractivity contribution in [3.05, 3.63) is 39.9 Å². The first-order valence-electron chi connectivity index (χ1n) is 6.37. The fraction of sp³-hybridized carbons (Fsp3) is 0.538. The van der Waals surface area contributed by atoms with Gasteiger partial charge in [-0.05, 0) is 5.56 Å². The quantitative estimate of drug-likeness (QED) is 0.590. The fourth-order valence-corrected chi connectivity index (χ4v) is 1.89. The van der Waals surface area contributed by atoms with E-state index in [1.54, 1.807) is 12.1 Å². The smallest absolute Gasteiger partial charge is 0.269 e. The SMILES string of the molecule is O=[N+]([O-])c1ccc(CC(O)COCC2OCCO2)cc1. The predicted octanol–water partition coefficient (Wildman–Crippen LogP) is 0.888. The van der Waals surface area contributed by atoms with Crippen LogP contribution in [0.2, 0.25) is 0 Å². The van der Waals surface area contributed by atoms with Gasteiger partial charge in [0.2, 0.25) is 0 Å². The summed E-state index contributed by atoms with van der Waals surface area (Å²) in [5, 5.41) is 20.3. The van der Waals surface area contributed by atoms with Crippen LogP contribution in [0, 0.1) is 10.1 Å². The van der Waals surface area contributed by atoms with Gasteiger partial charge in [0.15, 0.2) is 6.29 Å². The van der Waals surface area contributed by atoms with E-state index >= 15 is 0 Å². The number of nitrogens with zero attached hydrogens (tertiary/aromatic N) is 1. The van der Waals surface area contributed by atoms with Crippen LogP contribution in [0.3, 0.4) is 0 Å². The molecule has 1 N–H and O–H groups in total. The van der Waals surface area contributed by atoms with Crippen LogP contribution in [0.4, 0.5) is 5.69 Å². The van der Waals surface area contributed by atoms with Crippen LogP contribution < -0.4 is 0 Å². The predicted molar refractivity (Wildman–Crippen MR) is 69.3 cm³/mol. The molecule has 0 radical (unpaired) electrons. The average molecular weight is 283 g/mol. The van der Waals surface area contributed by atoms with E-state index in [0.717, 1.165) is 5.56 Å². The second-order valence-corrected chi connectivity index (χ2v) is 4.49. The molecule has 0 amide bonds. The van der Waals surface area contributed by atoms with Gasteiger partial charge in [0.25, 0.3) is 5.69 Å². The minimum Gasteiger partial charge on any atom is -0.390 e. The van der Waals surface area contributed by atoms with E-state index in [2.05, 4.69) is 0 Å². The normalized spacial score (nSPS) is 17.2. The summed E-state index contributed by atoms with van der Waals surface area (Å²) in [6.45, 7) is 1.59. The van der Waals surface area contributed by atoms with E-state index in [9.17, 15) is 15.2 Å². The standard InChI is InChI=1S/C13H17NO6/c15-12(8-18-9-13-19-5-6-20-13)7-10-1-3-11(4-2-10)14(16)17/h1-4,12-13,15H,5-9H2. The molecule has 1 fully saturated rings. The molecule has 7 nitrogen and oxygen atoms in total. The van der Waals surface area contributed by atoms with Crippen LogP contribution in [0.5, 0.6) is 0 Å². The lowest BCUT2D eigenvalue weighted by Gasteiger charge is -2.13. The van der Waals surface area contributed by atoms with Crippen molar-refractivity contribution in [1.29, 1.82) is 0 Å². The lowest BCUT2D eigenvalue weighted by Crippen LogP contribution is -2.23. The first-order chi connectivity index (χ1) is 9.65. The minimum absolute atomic E-state index is 0.0371. The molecule has 1 atom stereocenters. The molecule has 0 aliphatic carbocycles. The lowest BCUT2D eigenvalue weighted by atomic mass is 10.1. The second-order valence-electron chi connectivity index (χ2n) is 4.49. The summed E-state index contributed by atoms with van der Waals surface area (Å²) in [6, 6.07) is 6.10. The van der Waals surface area contributed by atoms with Crippen molar-refractivity contribution in [1.82, 2.24) is 0 Å². The Kier molecular flexibility index (Phi) is 5.42. The van der Waals surface area contributed by atoms with Crippen molar-refractivity contribution < 1.29 is 24.2 Å². The molecular weight excluding hydrogens is 266 g/mol. The van der Waals surface area contributed by atoms with Gasteiger partial charge in [-0.1, -0.05) is 12.1 Å². The van der Waals surface area contributed by atoms with E-state index < -0.39 is 11.0 Å². The van der Waals surface area contributed by atoms with Crippen molar-refractivity contribution in [3.63, 3.8) is 0 Å². The van der Waals surface area contributed by atoms with Crippen LogP contribution >= 0.6 is 0 Å². The van der Waals surface area contributed by atoms with Gasteiger partial charge in [-0.25, -0.2) is 0 Å². The molecule has 2 rings (SSSR count). The number of hydrogen-bond donors (Lipinski definition) is 1. The van der Waals surface area contributed by atoms with Crippen LogP contribution in [0.25, 0.3) is 0 Å². The minimum atomic E-state index is -0.669. The molecule has 1 aromatic carbocycles. The maximum Gasteiger partial charge on any atom is 0.269 e. The third-order valence-corrected chi connectivity index (χ3v) is 2.87. The zero-order chi connectivity index (χ0) is 14.4. The molecule has 1 saturated heterocycles. The van der Waals surface area contributed by atoms with Crippen LogP contribution in [0.1, 0.15) is 5.56 Å². The summed E-state index contributed by atoms with van der Waals surface area (Å²) >= 11 is 0. The molecule has 1 aliphatic rings. The Morgan fingerprint density at radius 2 is 2.00 bits per heavy atom. The summed E-state index contributed by atoms with van der Waals surface area (Å²) in [5.41, 5.74) is 0.857. The van der Waals surface area contributed by atoms with E-state index in [-0.39, 0.29) is 25.2 Å². The van der Waals surface area contributed by atoms with Crippen LogP contribution in [-0.4, -0.2) is 48.9 Å². The van der Waals surface area contributed by atoms with Gasteiger partial charge in [0, 0.05) is 18.6 Å². The molecule has 1 aliphatic heterocycles. The van der Waals surface area contributed by atoms with E-state index in [4.69, 9.17) is 14.2 Å². The molecule has 0 saturated carbocycles. The number of rotatable bonds is 7. The highest BCUT2D eigenvalue weighted by Gasteiger charge is 2.16. The van der Waals surface area contributed by atoms with Gasteiger partial charge in [-0.15, -0.1) is 0 Å². The molecule has 0 bridgehead atoms. The van der Waals surface area contributed by atoms with Gasteiger partial charge in [0.05, 0.1) is 37.5 Å². The molecule has 110 valence electrons. The summed E-state index contributed by atoms with van der Waals surface area (Å²) in [4.78, 5) is 10.1. The zero-order valence-corrected chi connectivity index (χ0v) is 10.9. The second kappa shape index (κ2) is 7.30. The van der Waals surface area contributed by atoms with Crippen LogP contribution in [0.15, 0.2) is 24.3 Å². The Labute approximate surface area is 116 Å². The maximum atomic E-state index is 10.5. The number of ether oxygens (including phenoxy) is 3. The largest absolute Gasteiger partial charge is 0.390 e. The summed E-state index contributed by atoms with van der Waals surface area (Å²) in [5.74, 6) is 0. The highest BCUT2D eigenvalue weighted by molar-refractivity contribution is 5.33. The maximum absolute atomic E-state index is 10.5. The number of hydrogen-bond acceptors (Lipinski definition) is 6. The lowest BCUT2D eigenvalue weighted by molar-refractivity contribution is -0.384. The Morgan fingerprint density at radius 3 is 2.60 bits per heavy atom. The first-order valence-corrected chi connectivity index (χ1v) is 6.37. The van der Waals surface area contributed by atoms with E-state index in [1.165, 1.54) is 12.1 Å². The van der Waals surface area contributed by atoms with Crippen molar-refractivity contribution in [2.24, 2.45) is 0 Å². The fourth-order valence-electron chi connectivity index (χ4n) is 1.89. The van der Waals surface area contributed by atoms with E-state index in [0.29, 0.717) is 19.6 Å². The highest BCUT2D eigenvalue weighted by Crippen LogP contribution is 2.13. The number of nitro benzene ring substituents is 1. The number of aliphatic hydroxyl groups excluding tert-OH is 1. The van der Waals surface area contributed by atoms with Crippen LogP contribution in [-0.2, 0) is 20.6 Å². The summed E-state index contributed by atoms with van der Waals surface area (Å²) < 4.78 is 15.7. The van der Waals surface area contributed by atoms with Gasteiger partial charge in [-0.3, -0.25) is 10.1 Å². The number of aliphatic hydroxyl groups is 1. The van der Waals surface area contributed by atoms with Gasteiger partial charge in [-0.2, -0.15) is 0 Å². The summed E-state index contributed by atoms with van der Waals surface area (Å²) in [6.07, 6.45) is -0.635. The molecule has 1 heterocycles. The van der Waals surface area contributed by atoms with Crippen molar-refractivity contribution in [3.8, 4) is 0 Å². The number of nitro groups is 1. The van der Waals surface area contributed by atoms with Gasteiger partial charge >= 0.3 is 0 Å².